The second-order valence-electron chi connectivity index (χ2n) is 6.78. The number of carbonyl (C=O) groups excluding carboxylic acids is 1. The molecule has 0 aromatic heterocycles. The maximum absolute atomic E-state index is 12.6. The lowest BCUT2D eigenvalue weighted by molar-refractivity contribution is 0.0951. The molecule has 25 heavy (non-hydrogen) atoms. The molecule has 0 unspecified atom stereocenters. The Morgan fingerprint density at radius 2 is 1.88 bits per heavy atom. The summed E-state index contributed by atoms with van der Waals surface area (Å²) in [6.07, 6.45) is 2.92. The predicted molar refractivity (Wildman–Crippen MR) is 103 cm³/mol. The SMILES string of the molecule is CCCc1ccc(COc2ccccc2)cc1C(=O)NCCC(C)C. The molecule has 0 aliphatic rings. The number of ether oxygens (including phenoxy) is 1. The molecule has 0 aliphatic heterocycles. The first-order chi connectivity index (χ1) is 12.1. The van der Waals surface area contributed by atoms with Crippen LogP contribution in [0.1, 0.15) is 55.1 Å². The number of rotatable bonds is 9. The summed E-state index contributed by atoms with van der Waals surface area (Å²) in [5.74, 6) is 1.44. The van der Waals surface area contributed by atoms with E-state index in [4.69, 9.17) is 4.74 Å². The van der Waals surface area contributed by atoms with Crippen LogP contribution in [0.4, 0.5) is 0 Å². The standard InChI is InChI=1S/C22H29NO2/c1-4-8-19-12-11-18(16-25-20-9-6-5-7-10-20)15-21(19)22(24)23-14-13-17(2)3/h5-7,9-12,15,17H,4,8,13-14,16H2,1-3H3,(H,23,24). The number of benzene rings is 2. The molecule has 3 heteroatoms. The number of para-hydroxylation sites is 1. The van der Waals surface area contributed by atoms with E-state index in [-0.39, 0.29) is 5.91 Å². The number of amides is 1. The third-order valence-electron chi connectivity index (χ3n) is 4.09. The average Bonchev–Trinajstić information content (AvgIpc) is 2.61. The van der Waals surface area contributed by atoms with Crippen LogP contribution in [0.3, 0.4) is 0 Å². The molecular weight excluding hydrogens is 310 g/mol. The molecule has 1 N–H and O–H groups in total. The van der Waals surface area contributed by atoms with Crippen molar-refractivity contribution in [3.05, 3.63) is 65.2 Å². The highest BCUT2D eigenvalue weighted by Crippen LogP contribution is 2.17. The summed E-state index contributed by atoms with van der Waals surface area (Å²) in [5.41, 5.74) is 2.89. The Bertz CT molecular complexity index is 665. The molecule has 0 fully saturated rings. The fraction of sp³-hybridized carbons (Fsp3) is 0.409. The summed E-state index contributed by atoms with van der Waals surface area (Å²) < 4.78 is 5.81. The Kier molecular flexibility index (Phi) is 7.52. The van der Waals surface area contributed by atoms with E-state index in [0.717, 1.165) is 41.7 Å². The van der Waals surface area contributed by atoms with Crippen molar-refractivity contribution in [3.8, 4) is 5.75 Å². The van der Waals surface area contributed by atoms with Gasteiger partial charge in [0.25, 0.3) is 5.91 Å². The predicted octanol–water partition coefficient (Wildman–Crippen LogP) is 4.99. The van der Waals surface area contributed by atoms with E-state index in [1.54, 1.807) is 0 Å². The number of nitrogens with one attached hydrogen (secondary N) is 1. The van der Waals surface area contributed by atoms with E-state index in [0.29, 0.717) is 19.1 Å². The summed E-state index contributed by atoms with van der Waals surface area (Å²) in [6, 6.07) is 15.8. The van der Waals surface area contributed by atoms with Crippen LogP contribution in [0.5, 0.6) is 5.75 Å². The second kappa shape index (κ2) is 9.87. The Hall–Kier alpha value is -2.29. The quantitative estimate of drug-likeness (QED) is 0.698. The third-order valence-corrected chi connectivity index (χ3v) is 4.09. The smallest absolute Gasteiger partial charge is 0.251 e. The van der Waals surface area contributed by atoms with Gasteiger partial charge in [-0.05, 0) is 48.1 Å². The largest absolute Gasteiger partial charge is 0.489 e. The third kappa shape index (κ3) is 6.26. The lowest BCUT2D eigenvalue weighted by atomic mass is 9.99. The van der Waals surface area contributed by atoms with Gasteiger partial charge in [0.2, 0.25) is 0 Å². The van der Waals surface area contributed by atoms with Gasteiger partial charge < -0.3 is 10.1 Å². The van der Waals surface area contributed by atoms with Gasteiger partial charge in [0, 0.05) is 12.1 Å². The molecule has 0 saturated carbocycles. The first-order valence-electron chi connectivity index (χ1n) is 9.18. The van der Waals surface area contributed by atoms with Crippen molar-refractivity contribution >= 4 is 5.91 Å². The van der Waals surface area contributed by atoms with Crippen molar-refractivity contribution in [1.29, 1.82) is 0 Å². The molecule has 2 aromatic carbocycles. The molecule has 0 saturated heterocycles. The summed E-state index contributed by atoms with van der Waals surface area (Å²) in [5, 5.41) is 3.05. The van der Waals surface area contributed by atoms with Crippen LogP contribution in [-0.2, 0) is 13.0 Å². The van der Waals surface area contributed by atoms with Gasteiger partial charge in [-0.15, -0.1) is 0 Å². The zero-order chi connectivity index (χ0) is 18.1. The monoisotopic (exact) mass is 339 g/mol. The molecule has 1 amide bonds. The van der Waals surface area contributed by atoms with E-state index >= 15 is 0 Å². The fourth-order valence-electron chi connectivity index (χ4n) is 2.67. The number of hydrogen-bond acceptors (Lipinski definition) is 2. The van der Waals surface area contributed by atoms with E-state index < -0.39 is 0 Å². The highest BCUT2D eigenvalue weighted by atomic mass is 16.5. The molecule has 3 nitrogen and oxygen atoms in total. The Balaban J connectivity index is 2.07. The van der Waals surface area contributed by atoms with Crippen LogP contribution in [0.25, 0.3) is 0 Å². The van der Waals surface area contributed by atoms with Gasteiger partial charge in [0.1, 0.15) is 12.4 Å². The van der Waals surface area contributed by atoms with Crippen molar-refractivity contribution in [2.45, 2.75) is 46.6 Å². The highest BCUT2D eigenvalue weighted by Gasteiger charge is 2.12. The summed E-state index contributed by atoms with van der Waals surface area (Å²) in [7, 11) is 0. The van der Waals surface area contributed by atoms with Gasteiger partial charge >= 0.3 is 0 Å². The molecular formula is C22H29NO2. The molecule has 0 heterocycles. The van der Waals surface area contributed by atoms with Gasteiger partial charge in [-0.25, -0.2) is 0 Å². The zero-order valence-corrected chi connectivity index (χ0v) is 15.5. The number of aryl methyl sites for hydroxylation is 1. The Morgan fingerprint density at radius 1 is 1.12 bits per heavy atom. The van der Waals surface area contributed by atoms with Gasteiger partial charge in [0.15, 0.2) is 0 Å². The molecule has 0 spiro atoms. The Labute approximate surface area is 151 Å². The normalized spacial score (nSPS) is 10.7. The van der Waals surface area contributed by atoms with Crippen molar-refractivity contribution in [2.24, 2.45) is 5.92 Å². The average molecular weight is 339 g/mol. The van der Waals surface area contributed by atoms with E-state index in [1.807, 2.05) is 36.4 Å². The fourth-order valence-corrected chi connectivity index (χ4v) is 2.67. The molecule has 0 radical (unpaired) electrons. The molecule has 0 atom stereocenters. The minimum atomic E-state index is 0.0191. The van der Waals surface area contributed by atoms with Crippen molar-refractivity contribution in [1.82, 2.24) is 5.32 Å². The van der Waals surface area contributed by atoms with Crippen LogP contribution in [0.15, 0.2) is 48.5 Å². The first-order valence-corrected chi connectivity index (χ1v) is 9.18. The van der Waals surface area contributed by atoms with Crippen molar-refractivity contribution in [2.75, 3.05) is 6.54 Å². The van der Waals surface area contributed by atoms with Gasteiger partial charge in [-0.3, -0.25) is 4.79 Å². The van der Waals surface area contributed by atoms with Crippen LogP contribution in [0.2, 0.25) is 0 Å². The van der Waals surface area contributed by atoms with Gasteiger partial charge in [0.05, 0.1) is 0 Å². The van der Waals surface area contributed by atoms with Crippen LogP contribution >= 0.6 is 0 Å². The lowest BCUT2D eigenvalue weighted by Gasteiger charge is -2.13. The summed E-state index contributed by atoms with van der Waals surface area (Å²) in [6.45, 7) is 7.63. The molecule has 134 valence electrons. The second-order valence-corrected chi connectivity index (χ2v) is 6.78. The molecule has 2 aromatic rings. The topological polar surface area (TPSA) is 38.3 Å². The van der Waals surface area contributed by atoms with Crippen molar-refractivity contribution < 1.29 is 9.53 Å². The minimum Gasteiger partial charge on any atom is -0.489 e. The van der Waals surface area contributed by atoms with E-state index in [2.05, 4.69) is 38.2 Å². The number of carbonyl (C=O) groups is 1. The molecule has 0 aliphatic carbocycles. The maximum Gasteiger partial charge on any atom is 0.251 e. The number of hydrogen-bond donors (Lipinski definition) is 1. The van der Waals surface area contributed by atoms with Crippen LogP contribution in [-0.4, -0.2) is 12.5 Å². The zero-order valence-electron chi connectivity index (χ0n) is 15.5. The van der Waals surface area contributed by atoms with Gasteiger partial charge in [-0.2, -0.15) is 0 Å². The van der Waals surface area contributed by atoms with Crippen LogP contribution in [0, 0.1) is 5.92 Å². The summed E-state index contributed by atoms with van der Waals surface area (Å²) in [4.78, 5) is 12.6. The van der Waals surface area contributed by atoms with Crippen molar-refractivity contribution in [3.63, 3.8) is 0 Å². The van der Waals surface area contributed by atoms with E-state index in [1.165, 1.54) is 0 Å². The van der Waals surface area contributed by atoms with E-state index in [9.17, 15) is 4.79 Å². The molecule has 0 bridgehead atoms. The maximum atomic E-state index is 12.6. The highest BCUT2D eigenvalue weighted by molar-refractivity contribution is 5.95. The summed E-state index contributed by atoms with van der Waals surface area (Å²) >= 11 is 0. The molecule has 2 rings (SSSR count). The minimum absolute atomic E-state index is 0.0191. The first kappa shape index (κ1) is 19.0. The Morgan fingerprint density at radius 3 is 2.56 bits per heavy atom. The lowest BCUT2D eigenvalue weighted by Crippen LogP contribution is -2.26. The van der Waals surface area contributed by atoms with Crippen LogP contribution < -0.4 is 10.1 Å². The van der Waals surface area contributed by atoms with Gasteiger partial charge in [-0.1, -0.05) is 57.5 Å².